The van der Waals surface area contributed by atoms with Gasteiger partial charge in [0, 0.05) is 22.8 Å². The average Bonchev–Trinajstić information content (AvgIpc) is 3.10. The molecule has 4 rings (SSSR count). The Morgan fingerprint density at radius 3 is 2.86 bits per heavy atom. The third-order valence-corrected chi connectivity index (χ3v) is 5.28. The fourth-order valence-corrected chi connectivity index (χ4v) is 3.92. The number of rotatable bonds is 6. The van der Waals surface area contributed by atoms with Crippen LogP contribution in [0.1, 0.15) is 19.0 Å². The molecule has 0 aliphatic rings. The Morgan fingerprint density at radius 2 is 2.00 bits per heavy atom. The summed E-state index contributed by atoms with van der Waals surface area (Å²) in [6.07, 6.45) is 1.62. The molecule has 0 saturated carbocycles. The Labute approximate surface area is 165 Å². The first-order chi connectivity index (χ1) is 13.7. The largest absolute Gasteiger partial charge is 0.325 e. The molecule has 8 heteroatoms. The number of amides is 1. The number of anilines is 1. The zero-order valence-corrected chi connectivity index (χ0v) is 16.1. The molecular formula is C20H19N5O2S. The highest BCUT2D eigenvalue weighted by Crippen LogP contribution is 2.24. The van der Waals surface area contributed by atoms with Gasteiger partial charge in [-0.1, -0.05) is 61.5 Å². The topological polar surface area (TPSA) is 92.2 Å². The van der Waals surface area contributed by atoms with Crippen LogP contribution in [0.4, 0.5) is 5.69 Å². The van der Waals surface area contributed by atoms with Crippen molar-refractivity contribution in [3.05, 3.63) is 64.6 Å². The first-order valence-electron chi connectivity index (χ1n) is 9.03. The summed E-state index contributed by atoms with van der Waals surface area (Å²) < 4.78 is 1.81. The van der Waals surface area contributed by atoms with E-state index in [1.54, 1.807) is 10.5 Å². The standard InChI is InChI=1S/C20H19N5O2S/c1-2-6-14-11-17(26)22-19-23-24-20(25(14)19)28-12-18(27)21-16-10-5-8-13-7-3-4-9-15(13)16/h3-5,7-11H,2,6,12H2,1H3,(H,21,27)(H,22,23,26). The normalized spacial score (nSPS) is 11.2. The Kier molecular flexibility index (Phi) is 5.12. The SMILES string of the molecule is CCCc1cc(=O)[nH]c2nnc(SCC(=O)Nc3cccc4ccccc34)n12. The second-order valence-corrected chi connectivity index (χ2v) is 7.32. The minimum atomic E-state index is -0.200. The van der Waals surface area contributed by atoms with Crippen LogP contribution in [0.2, 0.25) is 0 Å². The summed E-state index contributed by atoms with van der Waals surface area (Å²) in [5, 5.41) is 13.8. The number of aromatic nitrogens is 4. The van der Waals surface area contributed by atoms with Gasteiger partial charge in [0.05, 0.1) is 5.75 Å². The van der Waals surface area contributed by atoms with Gasteiger partial charge in [-0.05, 0) is 17.9 Å². The van der Waals surface area contributed by atoms with Crippen molar-refractivity contribution < 1.29 is 4.79 Å². The molecule has 0 spiro atoms. The number of thioether (sulfide) groups is 1. The van der Waals surface area contributed by atoms with E-state index in [9.17, 15) is 9.59 Å². The number of nitrogens with one attached hydrogen (secondary N) is 2. The van der Waals surface area contributed by atoms with E-state index in [4.69, 9.17) is 0 Å². The molecule has 4 aromatic rings. The molecule has 1 amide bonds. The van der Waals surface area contributed by atoms with Crippen LogP contribution >= 0.6 is 11.8 Å². The molecule has 2 heterocycles. The molecule has 142 valence electrons. The van der Waals surface area contributed by atoms with Crippen molar-refractivity contribution in [3.8, 4) is 0 Å². The third-order valence-electron chi connectivity index (χ3n) is 4.36. The van der Waals surface area contributed by atoms with Crippen molar-refractivity contribution in [2.75, 3.05) is 11.1 Å². The maximum atomic E-state index is 12.5. The highest BCUT2D eigenvalue weighted by atomic mass is 32.2. The van der Waals surface area contributed by atoms with Crippen LogP contribution in [0.3, 0.4) is 0 Å². The molecule has 0 saturated heterocycles. The second kappa shape index (κ2) is 7.85. The Balaban J connectivity index is 1.53. The van der Waals surface area contributed by atoms with Crippen LogP contribution in [-0.2, 0) is 11.2 Å². The second-order valence-electron chi connectivity index (χ2n) is 6.38. The molecular weight excluding hydrogens is 374 g/mol. The van der Waals surface area contributed by atoms with Gasteiger partial charge in [-0.15, -0.1) is 10.2 Å². The van der Waals surface area contributed by atoms with E-state index in [1.165, 1.54) is 11.8 Å². The van der Waals surface area contributed by atoms with Crippen molar-refractivity contribution in [1.29, 1.82) is 0 Å². The number of fused-ring (bicyclic) bond motifs is 2. The Morgan fingerprint density at radius 1 is 1.18 bits per heavy atom. The lowest BCUT2D eigenvalue weighted by Gasteiger charge is -2.09. The number of aryl methyl sites for hydroxylation is 1. The molecule has 28 heavy (non-hydrogen) atoms. The summed E-state index contributed by atoms with van der Waals surface area (Å²) in [5.41, 5.74) is 1.42. The molecule has 0 unspecified atom stereocenters. The summed E-state index contributed by atoms with van der Waals surface area (Å²) in [4.78, 5) is 26.9. The van der Waals surface area contributed by atoms with Gasteiger partial charge >= 0.3 is 0 Å². The summed E-state index contributed by atoms with van der Waals surface area (Å²) in [6, 6.07) is 15.3. The zero-order valence-electron chi connectivity index (χ0n) is 15.3. The number of hydrogen-bond acceptors (Lipinski definition) is 5. The van der Waals surface area contributed by atoms with Gasteiger partial charge in [0.25, 0.3) is 5.56 Å². The number of nitrogens with zero attached hydrogens (tertiary/aromatic N) is 3. The fourth-order valence-electron chi connectivity index (χ4n) is 3.16. The number of benzene rings is 2. The minimum absolute atomic E-state index is 0.125. The van der Waals surface area contributed by atoms with E-state index in [0.29, 0.717) is 10.9 Å². The van der Waals surface area contributed by atoms with Crippen molar-refractivity contribution in [2.45, 2.75) is 24.9 Å². The molecule has 2 aromatic heterocycles. The van der Waals surface area contributed by atoms with Gasteiger partial charge in [0.2, 0.25) is 11.7 Å². The van der Waals surface area contributed by atoms with Crippen LogP contribution in [0.25, 0.3) is 16.6 Å². The average molecular weight is 393 g/mol. The molecule has 0 radical (unpaired) electrons. The maximum Gasteiger partial charge on any atom is 0.252 e. The van der Waals surface area contributed by atoms with E-state index >= 15 is 0 Å². The number of carbonyl (C=O) groups excluding carboxylic acids is 1. The van der Waals surface area contributed by atoms with Crippen molar-refractivity contribution in [1.82, 2.24) is 19.6 Å². The minimum Gasteiger partial charge on any atom is -0.325 e. The zero-order chi connectivity index (χ0) is 19.5. The monoisotopic (exact) mass is 393 g/mol. The predicted molar refractivity (Wildman–Crippen MR) is 111 cm³/mol. The van der Waals surface area contributed by atoms with E-state index in [1.807, 2.05) is 49.4 Å². The first kappa shape index (κ1) is 18.2. The molecule has 0 fully saturated rings. The molecule has 0 aliphatic carbocycles. The summed E-state index contributed by atoms with van der Waals surface area (Å²) in [7, 11) is 0. The molecule has 0 atom stereocenters. The lowest BCUT2D eigenvalue weighted by Crippen LogP contribution is -2.15. The van der Waals surface area contributed by atoms with E-state index in [0.717, 1.165) is 35.0 Å². The van der Waals surface area contributed by atoms with Crippen LogP contribution < -0.4 is 10.9 Å². The highest BCUT2D eigenvalue weighted by molar-refractivity contribution is 7.99. The molecule has 7 nitrogen and oxygen atoms in total. The predicted octanol–water partition coefficient (Wildman–Crippen LogP) is 3.25. The van der Waals surface area contributed by atoms with Crippen molar-refractivity contribution >= 4 is 39.9 Å². The van der Waals surface area contributed by atoms with Gasteiger partial charge in [-0.3, -0.25) is 19.0 Å². The number of H-pyrrole nitrogens is 1. The lowest BCUT2D eigenvalue weighted by molar-refractivity contribution is -0.113. The van der Waals surface area contributed by atoms with Crippen LogP contribution in [0, 0.1) is 0 Å². The number of aromatic amines is 1. The van der Waals surface area contributed by atoms with Gasteiger partial charge < -0.3 is 5.32 Å². The fraction of sp³-hybridized carbons (Fsp3) is 0.200. The quantitative estimate of drug-likeness (QED) is 0.491. The van der Waals surface area contributed by atoms with E-state index in [-0.39, 0.29) is 17.2 Å². The van der Waals surface area contributed by atoms with Crippen LogP contribution in [0.5, 0.6) is 0 Å². The number of hydrogen-bond donors (Lipinski definition) is 2. The van der Waals surface area contributed by atoms with Gasteiger partial charge in [-0.25, -0.2) is 0 Å². The molecule has 0 bridgehead atoms. The maximum absolute atomic E-state index is 12.5. The Bertz CT molecular complexity index is 1210. The van der Waals surface area contributed by atoms with Crippen LogP contribution in [-0.4, -0.2) is 31.2 Å². The number of carbonyl (C=O) groups is 1. The van der Waals surface area contributed by atoms with Gasteiger partial charge in [-0.2, -0.15) is 0 Å². The third kappa shape index (κ3) is 3.63. The van der Waals surface area contributed by atoms with Crippen LogP contribution in [0.15, 0.2) is 58.5 Å². The highest BCUT2D eigenvalue weighted by Gasteiger charge is 2.14. The van der Waals surface area contributed by atoms with E-state index < -0.39 is 0 Å². The van der Waals surface area contributed by atoms with Crippen molar-refractivity contribution in [2.24, 2.45) is 0 Å². The summed E-state index contributed by atoms with van der Waals surface area (Å²) in [5.74, 6) is 0.460. The smallest absolute Gasteiger partial charge is 0.252 e. The Hall–Kier alpha value is -3.13. The molecule has 2 N–H and O–H groups in total. The molecule has 0 aliphatic heterocycles. The van der Waals surface area contributed by atoms with Gasteiger partial charge in [0.15, 0.2) is 5.16 Å². The summed E-state index contributed by atoms with van der Waals surface area (Å²) in [6.45, 7) is 2.04. The first-order valence-corrected chi connectivity index (χ1v) is 10.0. The van der Waals surface area contributed by atoms with Gasteiger partial charge in [0.1, 0.15) is 0 Å². The summed E-state index contributed by atoms with van der Waals surface area (Å²) >= 11 is 1.29. The van der Waals surface area contributed by atoms with E-state index in [2.05, 4.69) is 20.5 Å². The lowest BCUT2D eigenvalue weighted by atomic mass is 10.1. The van der Waals surface area contributed by atoms with Crippen molar-refractivity contribution in [3.63, 3.8) is 0 Å². The molecule has 2 aromatic carbocycles.